The van der Waals surface area contributed by atoms with Crippen molar-refractivity contribution >= 4 is 12.1 Å². The smallest absolute Gasteiger partial charge is 0.411 e. The Morgan fingerprint density at radius 1 is 1.09 bits per heavy atom. The Bertz CT molecular complexity index is 423. The molecule has 0 aromatic carbocycles. The number of likely N-dealkylation sites (tertiary alicyclic amines) is 1. The van der Waals surface area contributed by atoms with E-state index in [0.717, 1.165) is 19.3 Å². The van der Waals surface area contributed by atoms with Gasteiger partial charge in [0.2, 0.25) is 0 Å². The highest BCUT2D eigenvalue weighted by Crippen LogP contribution is 2.35. The van der Waals surface area contributed by atoms with Crippen LogP contribution in [0.5, 0.6) is 0 Å². The Labute approximate surface area is 139 Å². The predicted molar refractivity (Wildman–Crippen MR) is 88.3 cm³/mol. The summed E-state index contributed by atoms with van der Waals surface area (Å²) >= 11 is 0. The third kappa shape index (κ3) is 5.11. The van der Waals surface area contributed by atoms with Crippen LogP contribution in [0.25, 0.3) is 0 Å². The summed E-state index contributed by atoms with van der Waals surface area (Å²) in [6.45, 7) is 5.91. The topological polar surface area (TPSA) is 66.8 Å². The number of aliphatic carboxylic acids is 1. The van der Waals surface area contributed by atoms with Crippen LogP contribution in [0.2, 0.25) is 0 Å². The van der Waals surface area contributed by atoms with Gasteiger partial charge in [-0.1, -0.05) is 32.1 Å². The van der Waals surface area contributed by atoms with E-state index in [1.165, 1.54) is 37.0 Å². The van der Waals surface area contributed by atoms with Gasteiger partial charge in [-0.3, -0.25) is 4.90 Å². The summed E-state index contributed by atoms with van der Waals surface area (Å²) in [4.78, 5) is 25.7. The van der Waals surface area contributed by atoms with E-state index in [1.807, 2.05) is 20.8 Å². The third-order valence-corrected chi connectivity index (χ3v) is 5.00. The minimum atomic E-state index is -0.892. The molecular weight excluding hydrogens is 294 g/mol. The molecule has 1 saturated heterocycles. The highest BCUT2D eigenvalue weighted by Gasteiger charge is 2.41. The molecular formula is C18H31NO4. The average molecular weight is 325 g/mol. The second-order valence-electron chi connectivity index (χ2n) is 8.10. The van der Waals surface area contributed by atoms with E-state index in [0.29, 0.717) is 12.5 Å². The van der Waals surface area contributed by atoms with Gasteiger partial charge >= 0.3 is 12.1 Å². The Morgan fingerprint density at radius 2 is 1.74 bits per heavy atom. The maximum Gasteiger partial charge on any atom is 0.411 e. The fraction of sp³-hybridized carbons (Fsp3) is 0.889. The summed E-state index contributed by atoms with van der Waals surface area (Å²) < 4.78 is 5.42. The van der Waals surface area contributed by atoms with E-state index >= 15 is 0 Å². The number of carbonyl (C=O) groups is 2. The number of amides is 1. The first-order chi connectivity index (χ1) is 10.8. The van der Waals surface area contributed by atoms with E-state index in [9.17, 15) is 14.7 Å². The molecule has 1 N–H and O–H groups in total. The van der Waals surface area contributed by atoms with Gasteiger partial charge in [0.1, 0.15) is 11.6 Å². The Kier molecular flexibility index (Phi) is 5.93. The van der Waals surface area contributed by atoms with Gasteiger partial charge in [-0.25, -0.2) is 9.59 Å². The van der Waals surface area contributed by atoms with Gasteiger partial charge in [0.15, 0.2) is 0 Å². The number of carboxylic acid groups (broad SMARTS) is 1. The zero-order valence-electron chi connectivity index (χ0n) is 14.7. The molecule has 2 atom stereocenters. The molecule has 1 aliphatic heterocycles. The maximum atomic E-state index is 12.4. The van der Waals surface area contributed by atoms with E-state index in [4.69, 9.17) is 4.74 Å². The molecule has 5 heteroatoms. The quantitative estimate of drug-likeness (QED) is 0.850. The van der Waals surface area contributed by atoms with E-state index in [-0.39, 0.29) is 5.92 Å². The highest BCUT2D eigenvalue weighted by atomic mass is 16.6. The first kappa shape index (κ1) is 18.1. The lowest BCUT2D eigenvalue weighted by atomic mass is 9.77. The van der Waals surface area contributed by atoms with E-state index in [2.05, 4.69) is 0 Å². The molecule has 0 bridgehead atoms. The fourth-order valence-corrected chi connectivity index (χ4v) is 4.03. The molecule has 2 aliphatic rings. The Morgan fingerprint density at radius 3 is 2.30 bits per heavy atom. The van der Waals surface area contributed by atoms with Crippen LogP contribution in [0, 0.1) is 11.8 Å². The highest BCUT2D eigenvalue weighted by molar-refractivity contribution is 5.80. The summed E-state index contributed by atoms with van der Waals surface area (Å²) in [5.74, 6) is -0.220. The molecule has 0 unspecified atom stereocenters. The lowest BCUT2D eigenvalue weighted by Crippen LogP contribution is -2.54. The first-order valence-electron chi connectivity index (χ1n) is 9.00. The van der Waals surface area contributed by atoms with Crippen molar-refractivity contribution in [3.8, 4) is 0 Å². The second kappa shape index (κ2) is 7.54. The third-order valence-electron chi connectivity index (χ3n) is 5.00. The average Bonchev–Trinajstić information content (AvgIpc) is 2.46. The van der Waals surface area contributed by atoms with Crippen molar-refractivity contribution in [1.29, 1.82) is 0 Å². The molecule has 132 valence electrons. The van der Waals surface area contributed by atoms with Gasteiger partial charge in [0, 0.05) is 6.54 Å². The summed E-state index contributed by atoms with van der Waals surface area (Å²) in [5, 5.41) is 9.71. The number of carbonyl (C=O) groups excluding carboxylic acids is 1. The monoisotopic (exact) mass is 325 g/mol. The lowest BCUT2D eigenvalue weighted by Gasteiger charge is -2.40. The molecule has 0 aromatic rings. The van der Waals surface area contributed by atoms with Crippen LogP contribution in [-0.4, -0.2) is 40.3 Å². The van der Waals surface area contributed by atoms with Crippen LogP contribution in [0.1, 0.15) is 72.1 Å². The number of ether oxygens (including phenoxy) is 1. The SMILES string of the molecule is CC(C)(C)OC(=O)N1CCC[C@@H](CC2CCCCC2)[C@H]1C(=O)O. The molecule has 23 heavy (non-hydrogen) atoms. The fourth-order valence-electron chi connectivity index (χ4n) is 4.03. The Hall–Kier alpha value is -1.26. The van der Waals surface area contributed by atoms with Gasteiger partial charge in [-0.15, -0.1) is 0 Å². The summed E-state index contributed by atoms with van der Waals surface area (Å²) in [6.07, 6.45) is 8.41. The van der Waals surface area contributed by atoms with Crippen molar-refractivity contribution < 1.29 is 19.4 Å². The Balaban J connectivity index is 2.06. The van der Waals surface area contributed by atoms with E-state index in [1.54, 1.807) is 0 Å². The molecule has 0 spiro atoms. The van der Waals surface area contributed by atoms with Gasteiger partial charge in [0.25, 0.3) is 0 Å². The first-order valence-corrected chi connectivity index (χ1v) is 9.00. The lowest BCUT2D eigenvalue weighted by molar-refractivity contribution is -0.147. The molecule has 1 heterocycles. The molecule has 1 aliphatic carbocycles. The van der Waals surface area contributed by atoms with Crippen molar-refractivity contribution in [2.75, 3.05) is 6.54 Å². The zero-order valence-corrected chi connectivity index (χ0v) is 14.7. The van der Waals surface area contributed by atoms with Crippen LogP contribution in [-0.2, 0) is 9.53 Å². The van der Waals surface area contributed by atoms with Crippen LogP contribution < -0.4 is 0 Å². The number of hydrogen-bond donors (Lipinski definition) is 1. The molecule has 2 rings (SSSR count). The van der Waals surface area contributed by atoms with Gasteiger partial charge in [0.05, 0.1) is 0 Å². The van der Waals surface area contributed by atoms with Gasteiger partial charge < -0.3 is 9.84 Å². The predicted octanol–water partition coefficient (Wildman–Crippen LogP) is 4.06. The van der Waals surface area contributed by atoms with Crippen molar-refractivity contribution in [3.05, 3.63) is 0 Å². The molecule has 5 nitrogen and oxygen atoms in total. The van der Waals surface area contributed by atoms with Crippen molar-refractivity contribution in [2.24, 2.45) is 11.8 Å². The number of carboxylic acids is 1. The normalized spacial score (nSPS) is 26.8. The zero-order chi connectivity index (χ0) is 17.0. The number of hydrogen-bond acceptors (Lipinski definition) is 3. The number of rotatable bonds is 3. The molecule has 0 aromatic heterocycles. The van der Waals surface area contributed by atoms with Crippen LogP contribution in [0.3, 0.4) is 0 Å². The molecule has 1 amide bonds. The molecule has 1 saturated carbocycles. The molecule has 0 radical (unpaired) electrons. The van der Waals surface area contributed by atoms with Crippen LogP contribution in [0.4, 0.5) is 4.79 Å². The molecule has 2 fully saturated rings. The number of nitrogens with zero attached hydrogens (tertiary/aromatic N) is 1. The van der Waals surface area contributed by atoms with E-state index < -0.39 is 23.7 Å². The largest absolute Gasteiger partial charge is 0.480 e. The summed E-state index contributed by atoms with van der Waals surface area (Å²) in [7, 11) is 0. The number of piperidine rings is 1. The van der Waals surface area contributed by atoms with Crippen molar-refractivity contribution in [3.63, 3.8) is 0 Å². The van der Waals surface area contributed by atoms with Gasteiger partial charge in [-0.2, -0.15) is 0 Å². The maximum absolute atomic E-state index is 12.4. The minimum absolute atomic E-state index is 0.0527. The standard InChI is InChI=1S/C18H31NO4/c1-18(2,3)23-17(22)19-11-7-10-14(15(19)16(20)21)12-13-8-5-4-6-9-13/h13-15H,4-12H2,1-3H3,(H,20,21)/t14-,15-/m0/s1. The van der Waals surface area contributed by atoms with Crippen molar-refractivity contribution in [1.82, 2.24) is 4.90 Å². The van der Waals surface area contributed by atoms with Crippen LogP contribution >= 0.6 is 0 Å². The second-order valence-corrected chi connectivity index (χ2v) is 8.10. The van der Waals surface area contributed by atoms with Crippen molar-refractivity contribution in [2.45, 2.75) is 83.8 Å². The van der Waals surface area contributed by atoms with Crippen LogP contribution in [0.15, 0.2) is 0 Å². The summed E-state index contributed by atoms with van der Waals surface area (Å²) in [5.41, 5.74) is -0.601. The summed E-state index contributed by atoms with van der Waals surface area (Å²) in [6, 6.07) is -0.736. The van der Waals surface area contributed by atoms with Gasteiger partial charge in [-0.05, 0) is 51.9 Å². The minimum Gasteiger partial charge on any atom is -0.480 e.